The zero-order valence-electron chi connectivity index (χ0n) is 9.87. The first-order chi connectivity index (χ1) is 7.18. The zero-order chi connectivity index (χ0) is 10.9. The lowest BCUT2D eigenvalue weighted by atomic mass is 9.77. The molecule has 1 saturated heterocycles. The molecular formula is C12H23NO2. The largest absolute Gasteiger partial charge is 0.385 e. The van der Waals surface area contributed by atoms with Crippen molar-refractivity contribution in [2.45, 2.75) is 44.2 Å². The highest BCUT2D eigenvalue weighted by Crippen LogP contribution is 2.45. The molecule has 2 rings (SSSR count). The van der Waals surface area contributed by atoms with Crippen LogP contribution in [-0.2, 0) is 9.47 Å². The van der Waals surface area contributed by atoms with Crippen molar-refractivity contribution >= 4 is 0 Å². The smallest absolute Gasteiger partial charge is 0.0786 e. The van der Waals surface area contributed by atoms with E-state index in [9.17, 15) is 0 Å². The third-order valence-electron chi connectivity index (χ3n) is 4.08. The molecule has 1 heterocycles. The van der Waals surface area contributed by atoms with Gasteiger partial charge in [-0.25, -0.2) is 0 Å². The maximum absolute atomic E-state index is 6.55. The summed E-state index contributed by atoms with van der Waals surface area (Å²) in [6, 6.07) is 0. The molecule has 1 aliphatic carbocycles. The lowest BCUT2D eigenvalue weighted by Gasteiger charge is -2.36. The van der Waals surface area contributed by atoms with Crippen LogP contribution < -0.4 is 5.73 Å². The summed E-state index contributed by atoms with van der Waals surface area (Å²) in [6.07, 6.45) is 4.98. The monoisotopic (exact) mass is 213 g/mol. The summed E-state index contributed by atoms with van der Waals surface area (Å²) in [6.45, 7) is 3.88. The van der Waals surface area contributed by atoms with Crippen molar-refractivity contribution in [2.75, 3.05) is 20.3 Å². The Balaban J connectivity index is 1.96. The molecule has 0 bridgehead atoms. The summed E-state index contributed by atoms with van der Waals surface area (Å²) in [5.74, 6) is 1.23. The van der Waals surface area contributed by atoms with Crippen LogP contribution in [0.2, 0.25) is 0 Å². The topological polar surface area (TPSA) is 44.5 Å². The van der Waals surface area contributed by atoms with Gasteiger partial charge in [0.15, 0.2) is 0 Å². The van der Waals surface area contributed by atoms with Crippen LogP contribution in [0.15, 0.2) is 0 Å². The number of hydrogen-bond acceptors (Lipinski definition) is 3. The molecule has 2 N–H and O–H groups in total. The fourth-order valence-corrected chi connectivity index (χ4v) is 2.72. The summed E-state index contributed by atoms with van der Waals surface area (Å²) in [5.41, 5.74) is 6.45. The van der Waals surface area contributed by atoms with Gasteiger partial charge in [0.1, 0.15) is 0 Å². The summed E-state index contributed by atoms with van der Waals surface area (Å²) in [7, 11) is 1.75. The molecule has 88 valence electrons. The van der Waals surface area contributed by atoms with Gasteiger partial charge in [-0.05, 0) is 37.5 Å². The van der Waals surface area contributed by atoms with Gasteiger partial charge in [-0.3, -0.25) is 0 Å². The number of ether oxygens (including phenoxy) is 2. The van der Waals surface area contributed by atoms with Gasteiger partial charge in [0.25, 0.3) is 0 Å². The molecule has 0 aromatic rings. The molecule has 15 heavy (non-hydrogen) atoms. The highest BCUT2D eigenvalue weighted by molar-refractivity contribution is 5.05. The number of nitrogens with two attached hydrogens (primary N) is 1. The van der Waals surface area contributed by atoms with Crippen molar-refractivity contribution in [3.05, 3.63) is 0 Å². The molecule has 2 fully saturated rings. The van der Waals surface area contributed by atoms with Crippen LogP contribution in [0.4, 0.5) is 0 Å². The maximum Gasteiger partial charge on any atom is 0.0786 e. The van der Waals surface area contributed by atoms with Gasteiger partial charge in [0, 0.05) is 25.9 Å². The molecular weight excluding hydrogens is 190 g/mol. The SMILES string of the molecule is COCCC(C)C1(N)CCOC1C1CC1. The van der Waals surface area contributed by atoms with Gasteiger partial charge in [-0.1, -0.05) is 6.92 Å². The summed E-state index contributed by atoms with van der Waals surface area (Å²) < 4.78 is 11.0. The molecule has 3 nitrogen and oxygen atoms in total. The van der Waals surface area contributed by atoms with E-state index in [1.165, 1.54) is 12.8 Å². The predicted octanol–water partition coefficient (Wildman–Crippen LogP) is 1.56. The van der Waals surface area contributed by atoms with Crippen LogP contribution in [-0.4, -0.2) is 32.0 Å². The predicted molar refractivity (Wildman–Crippen MR) is 59.7 cm³/mol. The molecule has 2 aliphatic rings. The first-order valence-corrected chi connectivity index (χ1v) is 6.08. The molecule has 3 unspecified atom stereocenters. The highest BCUT2D eigenvalue weighted by Gasteiger charge is 2.51. The van der Waals surface area contributed by atoms with E-state index in [-0.39, 0.29) is 5.54 Å². The Morgan fingerprint density at radius 3 is 2.87 bits per heavy atom. The third kappa shape index (κ3) is 2.19. The fraction of sp³-hybridized carbons (Fsp3) is 1.00. The van der Waals surface area contributed by atoms with Crippen molar-refractivity contribution in [1.29, 1.82) is 0 Å². The molecule has 1 aliphatic heterocycles. The van der Waals surface area contributed by atoms with E-state index in [0.29, 0.717) is 12.0 Å². The van der Waals surface area contributed by atoms with Crippen molar-refractivity contribution in [3.8, 4) is 0 Å². The molecule has 0 aromatic carbocycles. The first-order valence-electron chi connectivity index (χ1n) is 6.08. The first kappa shape index (κ1) is 11.4. The molecule has 0 aromatic heterocycles. The van der Waals surface area contributed by atoms with Crippen molar-refractivity contribution < 1.29 is 9.47 Å². The summed E-state index contributed by atoms with van der Waals surface area (Å²) >= 11 is 0. The Labute approximate surface area is 92.3 Å². The Morgan fingerprint density at radius 1 is 1.53 bits per heavy atom. The van der Waals surface area contributed by atoms with E-state index < -0.39 is 0 Å². The molecule has 0 spiro atoms. The maximum atomic E-state index is 6.55. The van der Waals surface area contributed by atoms with Gasteiger partial charge >= 0.3 is 0 Å². The van der Waals surface area contributed by atoms with E-state index in [1.807, 2.05) is 0 Å². The van der Waals surface area contributed by atoms with Gasteiger partial charge in [-0.15, -0.1) is 0 Å². The third-order valence-corrected chi connectivity index (χ3v) is 4.08. The molecule has 0 radical (unpaired) electrons. The van der Waals surface area contributed by atoms with Crippen molar-refractivity contribution in [3.63, 3.8) is 0 Å². The van der Waals surface area contributed by atoms with E-state index in [0.717, 1.165) is 32.0 Å². The second-order valence-corrected chi connectivity index (χ2v) is 5.17. The summed E-state index contributed by atoms with van der Waals surface area (Å²) in [4.78, 5) is 0. The lowest BCUT2D eigenvalue weighted by molar-refractivity contribution is 0.0394. The minimum absolute atomic E-state index is 0.0975. The Bertz CT molecular complexity index is 218. The zero-order valence-corrected chi connectivity index (χ0v) is 9.87. The molecule has 0 amide bonds. The van der Waals surface area contributed by atoms with Crippen molar-refractivity contribution in [1.82, 2.24) is 0 Å². The standard InChI is InChI=1S/C12H23NO2/c1-9(5-7-14-2)12(13)6-8-15-11(12)10-3-4-10/h9-11H,3-8,13H2,1-2H3. The van der Waals surface area contributed by atoms with Gasteiger partial charge < -0.3 is 15.2 Å². The van der Waals surface area contributed by atoms with Gasteiger partial charge in [0.05, 0.1) is 6.10 Å². The molecule has 3 heteroatoms. The average molecular weight is 213 g/mol. The molecule has 1 saturated carbocycles. The van der Waals surface area contributed by atoms with E-state index in [1.54, 1.807) is 7.11 Å². The van der Waals surface area contributed by atoms with Gasteiger partial charge in [-0.2, -0.15) is 0 Å². The fourth-order valence-electron chi connectivity index (χ4n) is 2.72. The van der Waals surface area contributed by atoms with Crippen LogP contribution >= 0.6 is 0 Å². The quantitative estimate of drug-likeness (QED) is 0.753. The van der Waals surface area contributed by atoms with Crippen LogP contribution in [0.5, 0.6) is 0 Å². The number of methoxy groups -OCH3 is 1. The van der Waals surface area contributed by atoms with Crippen LogP contribution in [0.3, 0.4) is 0 Å². The Morgan fingerprint density at radius 2 is 2.27 bits per heavy atom. The van der Waals surface area contributed by atoms with Crippen LogP contribution in [0.1, 0.15) is 32.6 Å². The number of hydrogen-bond donors (Lipinski definition) is 1. The van der Waals surface area contributed by atoms with Crippen LogP contribution in [0, 0.1) is 11.8 Å². The Hall–Kier alpha value is -0.120. The number of rotatable bonds is 5. The lowest BCUT2D eigenvalue weighted by Crippen LogP contribution is -2.53. The second-order valence-electron chi connectivity index (χ2n) is 5.17. The minimum atomic E-state index is -0.0975. The van der Waals surface area contributed by atoms with E-state index in [2.05, 4.69) is 6.92 Å². The van der Waals surface area contributed by atoms with E-state index in [4.69, 9.17) is 15.2 Å². The minimum Gasteiger partial charge on any atom is -0.385 e. The summed E-state index contributed by atoms with van der Waals surface area (Å²) in [5, 5.41) is 0. The average Bonchev–Trinajstić information content (AvgIpc) is 2.99. The van der Waals surface area contributed by atoms with E-state index >= 15 is 0 Å². The van der Waals surface area contributed by atoms with Crippen molar-refractivity contribution in [2.24, 2.45) is 17.6 Å². The van der Waals surface area contributed by atoms with Gasteiger partial charge in [0.2, 0.25) is 0 Å². The Kier molecular flexibility index (Phi) is 3.33. The normalized spacial score (nSPS) is 38.2. The highest BCUT2D eigenvalue weighted by atomic mass is 16.5. The second kappa shape index (κ2) is 4.40. The van der Waals surface area contributed by atoms with Crippen LogP contribution in [0.25, 0.3) is 0 Å². The molecule has 3 atom stereocenters.